The summed E-state index contributed by atoms with van der Waals surface area (Å²) in [4.78, 5) is 32.5. The van der Waals surface area contributed by atoms with E-state index in [-0.39, 0.29) is 27.1 Å². The maximum atomic E-state index is 13.3. The van der Waals surface area contributed by atoms with E-state index in [1.165, 1.54) is 18.3 Å². The number of rotatable bonds is 11. The number of carbonyl (C=O) groups is 1. The van der Waals surface area contributed by atoms with Crippen molar-refractivity contribution in [1.29, 1.82) is 0 Å². The van der Waals surface area contributed by atoms with Crippen molar-refractivity contribution in [3.8, 4) is 5.88 Å². The Morgan fingerprint density at radius 3 is 2.73 bits per heavy atom. The molecule has 1 aromatic carbocycles. The van der Waals surface area contributed by atoms with Crippen LogP contribution in [0.1, 0.15) is 24.8 Å². The van der Waals surface area contributed by atoms with E-state index in [4.69, 9.17) is 14.3 Å². The van der Waals surface area contributed by atoms with Crippen LogP contribution in [0, 0.1) is 0 Å². The Morgan fingerprint density at radius 2 is 2.03 bits per heavy atom. The first-order chi connectivity index (χ1) is 17.9. The van der Waals surface area contributed by atoms with Crippen molar-refractivity contribution in [2.75, 3.05) is 38.7 Å². The molecule has 3 aromatic rings. The van der Waals surface area contributed by atoms with Gasteiger partial charge in [0.05, 0.1) is 29.6 Å². The number of hydrogen-bond donors (Lipinski definition) is 2. The topological polar surface area (TPSA) is 154 Å². The molecule has 1 saturated heterocycles. The summed E-state index contributed by atoms with van der Waals surface area (Å²) in [5.74, 6) is -0.207. The number of aromatic nitrogens is 3. The first-order valence-corrected chi connectivity index (χ1v) is 14.2. The van der Waals surface area contributed by atoms with Gasteiger partial charge in [0.1, 0.15) is 6.61 Å². The molecule has 37 heavy (non-hydrogen) atoms. The summed E-state index contributed by atoms with van der Waals surface area (Å²) in [6, 6.07) is 6.09. The van der Waals surface area contributed by atoms with Crippen LogP contribution in [0.25, 0.3) is 10.5 Å². The van der Waals surface area contributed by atoms with Crippen LogP contribution >= 0.6 is 11.3 Å². The predicted octanol–water partition coefficient (Wildman–Crippen LogP) is 1.77. The highest BCUT2D eigenvalue weighted by Crippen LogP contribution is 2.33. The summed E-state index contributed by atoms with van der Waals surface area (Å²) < 4.78 is 36.0. The lowest BCUT2D eigenvalue weighted by molar-refractivity contribution is -0.110. The number of amides is 1. The van der Waals surface area contributed by atoms with Crippen LogP contribution in [0.15, 0.2) is 40.5 Å². The van der Waals surface area contributed by atoms with Gasteiger partial charge < -0.3 is 19.6 Å². The summed E-state index contributed by atoms with van der Waals surface area (Å²) in [5, 5.41) is 9.78. The van der Waals surface area contributed by atoms with Crippen LogP contribution in [-0.4, -0.2) is 79.8 Å². The van der Waals surface area contributed by atoms with Crippen LogP contribution < -0.4 is 15.4 Å². The van der Waals surface area contributed by atoms with Gasteiger partial charge in [0.2, 0.25) is 5.88 Å². The van der Waals surface area contributed by atoms with Crippen LogP contribution in [0.4, 0.5) is 5.13 Å². The van der Waals surface area contributed by atoms with Gasteiger partial charge in [0.15, 0.2) is 37.3 Å². The Morgan fingerprint density at radius 1 is 1.22 bits per heavy atom. The normalized spacial score (nSPS) is 18.2. The molecule has 0 spiro atoms. The number of anilines is 1. The number of benzene rings is 1. The number of nitrogens with one attached hydrogen (secondary N) is 2. The smallest absolute Gasteiger partial charge is 0.280 e. The SMILES string of the molecule is CNCCOc1cnc2nc(NC(=O)C(=NO[C@@H]3CCOC3)c3ccc(S(=O)(=O)C4CC4)cc3)sc2n1. The van der Waals surface area contributed by atoms with E-state index < -0.39 is 15.7 Å². The lowest BCUT2D eigenvalue weighted by atomic mass is 10.1. The standard InChI is InChI=1S/C23H26N6O6S2/c1-24-9-11-34-18-12-25-20-22(26-18)36-23(27-20)28-21(30)19(29-35-15-8-10-33-13-15)14-2-4-16(5-3-14)37(31,32)17-6-7-17/h2-5,12,15,17,24H,6-11,13H2,1H3,(H,25,27,28,30)/t15-/m1/s1. The largest absolute Gasteiger partial charge is 0.475 e. The van der Waals surface area contributed by atoms with E-state index in [1.54, 1.807) is 12.1 Å². The van der Waals surface area contributed by atoms with E-state index in [2.05, 4.69) is 30.7 Å². The Hall–Kier alpha value is -3.20. The molecule has 2 N–H and O–H groups in total. The highest BCUT2D eigenvalue weighted by Gasteiger charge is 2.36. The second kappa shape index (κ2) is 11.0. The Labute approximate surface area is 217 Å². The molecule has 5 rings (SSSR count). The number of hydrogen-bond acceptors (Lipinski definition) is 12. The third-order valence-corrected chi connectivity index (χ3v) is 8.87. The zero-order chi connectivity index (χ0) is 25.8. The van der Waals surface area contributed by atoms with E-state index in [0.29, 0.717) is 67.5 Å². The zero-order valence-electron chi connectivity index (χ0n) is 20.0. The summed E-state index contributed by atoms with van der Waals surface area (Å²) in [5.41, 5.74) is 0.760. The molecule has 2 aliphatic rings. The molecular formula is C23H26N6O6S2. The minimum absolute atomic E-state index is 0.0152. The lowest BCUT2D eigenvalue weighted by Gasteiger charge is -2.10. The molecule has 1 aliphatic carbocycles. The molecule has 1 saturated carbocycles. The van der Waals surface area contributed by atoms with Gasteiger partial charge in [-0.25, -0.2) is 13.4 Å². The summed E-state index contributed by atoms with van der Waals surface area (Å²) in [7, 11) is -1.53. The molecule has 0 bridgehead atoms. The van der Waals surface area contributed by atoms with Gasteiger partial charge in [0, 0.05) is 18.5 Å². The Bertz CT molecular complexity index is 1400. The van der Waals surface area contributed by atoms with E-state index in [9.17, 15) is 13.2 Å². The molecule has 12 nitrogen and oxygen atoms in total. The van der Waals surface area contributed by atoms with Crippen molar-refractivity contribution >= 4 is 48.4 Å². The number of ether oxygens (including phenoxy) is 2. The number of sulfone groups is 1. The molecule has 2 aromatic heterocycles. The first-order valence-electron chi connectivity index (χ1n) is 11.8. The highest BCUT2D eigenvalue weighted by molar-refractivity contribution is 7.92. The van der Waals surface area contributed by atoms with Crippen molar-refractivity contribution in [3.05, 3.63) is 36.0 Å². The number of nitrogens with zero attached hydrogens (tertiary/aromatic N) is 4. The fraction of sp³-hybridized carbons (Fsp3) is 0.435. The van der Waals surface area contributed by atoms with E-state index in [1.807, 2.05) is 7.05 Å². The van der Waals surface area contributed by atoms with Crippen molar-refractivity contribution in [3.63, 3.8) is 0 Å². The van der Waals surface area contributed by atoms with Crippen LogP contribution in [0.3, 0.4) is 0 Å². The van der Waals surface area contributed by atoms with Crippen molar-refractivity contribution < 1.29 is 27.5 Å². The van der Waals surface area contributed by atoms with Crippen LogP contribution in [-0.2, 0) is 24.2 Å². The minimum atomic E-state index is -3.35. The van der Waals surface area contributed by atoms with Crippen molar-refractivity contribution in [2.24, 2.45) is 5.16 Å². The number of oxime groups is 1. The fourth-order valence-corrected chi connectivity index (χ4v) is 6.01. The summed E-state index contributed by atoms with van der Waals surface area (Å²) >= 11 is 1.14. The van der Waals surface area contributed by atoms with Gasteiger partial charge in [-0.05, 0) is 32.0 Å². The second-order valence-electron chi connectivity index (χ2n) is 8.56. The summed E-state index contributed by atoms with van der Waals surface area (Å²) in [6.07, 6.45) is 3.21. The van der Waals surface area contributed by atoms with Crippen molar-refractivity contribution in [2.45, 2.75) is 35.5 Å². The number of likely N-dealkylation sites (N-methyl/N-ethyl adjacent to an activating group) is 1. The van der Waals surface area contributed by atoms with Gasteiger partial charge in [-0.3, -0.25) is 10.1 Å². The maximum Gasteiger partial charge on any atom is 0.280 e. The molecular weight excluding hydrogens is 520 g/mol. The third-order valence-electron chi connectivity index (χ3n) is 5.74. The molecule has 3 heterocycles. The molecule has 2 fully saturated rings. The van der Waals surface area contributed by atoms with Gasteiger partial charge >= 0.3 is 0 Å². The lowest BCUT2D eigenvalue weighted by Crippen LogP contribution is -2.25. The molecule has 14 heteroatoms. The number of thiazole rings is 1. The van der Waals surface area contributed by atoms with E-state index in [0.717, 1.165) is 11.3 Å². The maximum absolute atomic E-state index is 13.3. The Kier molecular flexibility index (Phi) is 7.60. The van der Waals surface area contributed by atoms with E-state index >= 15 is 0 Å². The van der Waals surface area contributed by atoms with Crippen LogP contribution in [0.5, 0.6) is 5.88 Å². The molecule has 196 valence electrons. The minimum Gasteiger partial charge on any atom is -0.475 e. The fourth-order valence-electron chi connectivity index (χ4n) is 3.57. The second-order valence-corrected chi connectivity index (χ2v) is 11.8. The monoisotopic (exact) mass is 546 g/mol. The molecule has 0 radical (unpaired) electrons. The van der Waals surface area contributed by atoms with Gasteiger partial charge in [-0.1, -0.05) is 28.6 Å². The van der Waals surface area contributed by atoms with Gasteiger partial charge in [0.25, 0.3) is 5.91 Å². The van der Waals surface area contributed by atoms with Gasteiger partial charge in [-0.2, -0.15) is 9.97 Å². The molecule has 1 atom stereocenters. The Balaban J connectivity index is 1.36. The average molecular weight is 547 g/mol. The summed E-state index contributed by atoms with van der Waals surface area (Å²) in [6.45, 7) is 2.03. The number of carbonyl (C=O) groups excluding carboxylic acids is 1. The highest BCUT2D eigenvalue weighted by atomic mass is 32.2. The molecule has 1 aliphatic heterocycles. The third kappa shape index (κ3) is 6.04. The van der Waals surface area contributed by atoms with Crippen LogP contribution in [0.2, 0.25) is 0 Å². The molecule has 1 amide bonds. The van der Waals surface area contributed by atoms with Crippen molar-refractivity contribution in [1.82, 2.24) is 20.3 Å². The number of fused-ring (bicyclic) bond motifs is 1. The predicted molar refractivity (Wildman–Crippen MR) is 137 cm³/mol. The average Bonchev–Trinajstić information content (AvgIpc) is 3.50. The molecule has 0 unspecified atom stereocenters. The van der Waals surface area contributed by atoms with Gasteiger partial charge in [-0.15, -0.1) is 0 Å². The zero-order valence-corrected chi connectivity index (χ0v) is 21.7. The first kappa shape index (κ1) is 25.4. The quantitative estimate of drug-likeness (QED) is 0.207.